The summed E-state index contributed by atoms with van der Waals surface area (Å²) in [6, 6.07) is 3.73. The van der Waals surface area contributed by atoms with Crippen molar-refractivity contribution >= 4 is 39.3 Å². The summed E-state index contributed by atoms with van der Waals surface area (Å²) in [5.74, 6) is 0.991. The molecule has 1 aromatic carbocycles. The van der Waals surface area contributed by atoms with Gasteiger partial charge in [-0.1, -0.05) is 11.6 Å². The second-order valence-electron chi connectivity index (χ2n) is 3.75. The zero-order chi connectivity index (χ0) is 13.2. The van der Waals surface area contributed by atoms with Gasteiger partial charge in [-0.15, -0.1) is 0 Å². The molecular formula is C10H12ClFN2O2S2. The predicted octanol–water partition coefficient (Wildman–Crippen LogP) is 2.18. The van der Waals surface area contributed by atoms with Crippen molar-refractivity contribution in [2.24, 2.45) is 0 Å². The normalized spacial score (nSPS) is 17.7. The Bertz CT molecular complexity index is 533. The van der Waals surface area contributed by atoms with Crippen LogP contribution in [0.1, 0.15) is 0 Å². The highest BCUT2D eigenvalue weighted by molar-refractivity contribution is 7.99. The highest BCUT2D eigenvalue weighted by Gasteiger charge is 2.24. The summed E-state index contributed by atoms with van der Waals surface area (Å²) < 4.78 is 40.8. The summed E-state index contributed by atoms with van der Waals surface area (Å²) in [5, 5.41) is -0.107. The summed E-state index contributed by atoms with van der Waals surface area (Å²) >= 11 is 7.32. The fraction of sp³-hybridized carbons (Fsp3) is 0.400. The first kappa shape index (κ1) is 13.9. The molecule has 4 nitrogen and oxygen atoms in total. The van der Waals surface area contributed by atoms with Gasteiger partial charge in [-0.2, -0.15) is 24.5 Å². The molecule has 8 heteroatoms. The molecule has 0 saturated carbocycles. The lowest BCUT2D eigenvalue weighted by Gasteiger charge is -2.25. The number of anilines is 1. The van der Waals surface area contributed by atoms with E-state index in [1.165, 1.54) is 16.4 Å². The molecule has 100 valence electrons. The number of thioether (sulfide) groups is 1. The largest absolute Gasteiger partial charge is 0.301 e. The fourth-order valence-corrected chi connectivity index (χ4v) is 4.09. The van der Waals surface area contributed by atoms with E-state index in [2.05, 4.69) is 4.72 Å². The molecule has 1 aliphatic rings. The van der Waals surface area contributed by atoms with Crippen molar-refractivity contribution in [1.29, 1.82) is 0 Å². The van der Waals surface area contributed by atoms with Gasteiger partial charge in [0.25, 0.3) is 0 Å². The van der Waals surface area contributed by atoms with Crippen LogP contribution < -0.4 is 4.72 Å². The smallest absolute Gasteiger partial charge is 0.271 e. The molecule has 1 aromatic rings. The van der Waals surface area contributed by atoms with Gasteiger partial charge in [-0.25, -0.2) is 4.39 Å². The molecule has 18 heavy (non-hydrogen) atoms. The first-order chi connectivity index (χ1) is 8.49. The number of hydrogen-bond donors (Lipinski definition) is 1. The number of nitrogens with zero attached hydrogens (tertiary/aromatic N) is 1. The van der Waals surface area contributed by atoms with E-state index in [-0.39, 0.29) is 10.7 Å². The van der Waals surface area contributed by atoms with Crippen molar-refractivity contribution in [3.8, 4) is 0 Å². The molecule has 0 aliphatic carbocycles. The van der Waals surface area contributed by atoms with Crippen LogP contribution >= 0.6 is 23.4 Å². The van der Waals surface area contributed by atoms with Gasteiger partial charge < -0.3 is 0 Å². The second-order valence-corrected chi connectivity index (χ2v) is 7.05. The van der Waals surface area contributed by atoms with E-state index >= 15 is 0 Å². The Kier molecular flexibility index (Phi) is 4.37. The molecule has 1 fully saturated rings. The highest BCUT2D eigenvalue weighted by atomic mass is 35.5. The maximum atomic E-state index is 13.0. The second kappa shape index (κ2) is 5.64. The van der Waals surface area contributed by atoms with Gasteiger partial charge in [0.1, 0.15) is 5.82 Å². The van der Waals surface area contributed by atoms with Crippen LogP contribution in [0.15, 0.2) is 18.2 Å². The van der Waals surface area contributed by atoms with Gasteiger partial charge in [-0.05, 0) is 18.2 Å². The van der Waals surface area contributed by atoms with Crippen LogP contribution in [0, 0.1) is 5.82 Å². The lowest BCUT2D eigenvalue weighted by molar-refractivity contribution is 0.448. The van der Waals surface area contributed by atoms with Crippen molar-refractivity contribution in [2.45, 2.75) is 0 Å². The Morgan fingerprint density at radius 2 is 2.00 bits per heavy atom. The van der Waals surface area contributed by atoms with Crippen molar-refractivity contribution in [2.75, 3.05) is 29.3 Å². The molecule has 0 bridgehead atoms. The molecule has 0 atom stereocenters. The van der Waals surface area contributed by atoms with E-state index in [1.807, 2.05) is 0 Å². The van der Waals surface area contributed by atoms with Crippen LogP contribution in [0.5, 0.6) is 0 Å². The first-order valence-corrected chi connectivity index (χ1v) is 8.27. The van der Waals surface area contributed by atoms with Crippen LogP contribution in [-0.4, -0.2) is 37.3 Å². The van der Waals surface area contributed by atoms with Crippen molar-refractivity contribution in [3.63, 3.8) is 0 Å². The minimum atomic E-state index is -3.58. The maximum absolute atomic E-state index is 13.0. The Hall–Kier alpha value is -0.500. The Morgan fingerprint density at radius 1 is 1.33 bits per heavy atom. The van der Waals surface area contributed by atoms with E-state index < -0.39 is 16.0 Å². The third-order valence-electron chi connectivity index (χ3n) is 2.48. The standard InChI is InChI=1S/C10H12ClFN2O2S2/c11-9-7-8(1-2-10(9)12)13-18(15,16)14-3-5-17-6-4-14/h1-2,7,13H,3-6H2. The molecule has 0 spiro atoms. The lowest BCUT2D eigenvalue weighted by atomic mass is 10.3. The molecule has 0 aromatic heterocycles. The Balaban J connectivity index is 2.13. The zero-order valence-electron chi connectivity index (χ0n) is 9.40. The zero-order valence-corrected chi connectivity index (χ0v) is 11.8. The fourth-order valence-electron chi connectivity index (χ4n) is 1.56. The van der Waals surface area contributed by atoms with Crippen molar-refractivity contribution in [3.05, 3.63) is 29.0 Å². The van der Waals surface area contributed by atoms with E-state index in [0.29, 0.717) is 13.1 Å². The third-order valence-corrected chi connectivity index (χ3v) is 5.25. The molecule has 1 heterocycles. The number of nitrogens with one attached hydrogen (secondary N) is 1. The topological polar surface area (TPSA) is 49.4 Å². The number of benzene rings is 1. The van der Waals surface area contributed by atoms with Crippen LogP contribution in [0.2, 0.25) is 5.02 Å². The van der Waals surface area contributed by atoms with E-state index in [4.69, 9.17) is 11.6 Å². The van der Waals surface area contributed by atoms with Gasteiger partial charge in [0.15, 0.2) is 0 Å². The lowest BCUT2D eigenvalue weighted by Crippen LogP contribution is -2.41. The molecule has 1 saturated heterocycles. The summed E-state index contributed by atoms with van der Waals surface area (Å²) in [5.41, 5.74) is 0.264. The average molecular weight is 311 g/mol. The molecule has 0 unspecified atom stereocenters. The predicted molar refractivity (Wildman–Crippen MR) is 72.9 cm³/mol. The van der Waals surface area contributed by atoms with Gasteiger partial charge in [0, 0.05) is 24.6 Å². The van der Waals surface area contributed by atoms with Gasteiger partial charge in [-0.3, -0.25) is 4.72 Å². The number of halogens is 2. The molecule has 0 amide bonds. The average Bonchev–Trinajstić information content (AvgIpc) is 2.35. The number of rotatable bonds is 3. The van der Waals surface area contributed by atoms with Crippen LogP contribution in [0.25, 0.3) is 0 Å². The van der Waals surface area contributed by atoms with Crippen molar-refractivity contribution < 1.29 is 12.8 Å². The Labute approximate surface area is 115 Å². The third kappa shape index (κ3) is 3.28. The summed E-state index contributed by atoms with van der Waals surface area (Å²) in [6.07, 6.45) is 0. The quantitative estimate of drug-likeness (QED) is 0.931. The highest BCUT2D eigenvalue weighted by Crippen LogP contribution is 2.21. The molecular weight excluding hydrogens is 299 g/mol. The van der Waals surface area contributed by atoms with E-state index in [9.17, 15) is 12.8 Å². The number of hydrogen-bond acceptors (Lipinski definition) is 3. The van der Waals surface area contributed by atoms with Crippen LogP contribution in [0.3, 0.4) is 0 Å². The summed E-state index contributed by atoms with van der Waals surface area (Å²) in [7, 11) is -3.58. The summed E-state index contributed by atoms with van der Waals surface area (Å²) in [4.78, 5) is 0. The van der Waals surface area contributed by atoms with Gasteiger partial charge in [0.2, 0.25) is 0 Å². The SMILES string of the molecule is O=S(=O)(Nc1ccc(F)c(Cl)c1)N1CCSCC1. The Morgan fingerprint density at radius 3 is 2.61 bits per heavy atom. The molecule has 0 radical (unpaired) electrons. The van der Waals surface area contributed by atoms with Gasteiger partial charge >= 0.3 is 10.2 Å². The monoisotopic (exact) mass is 310 g/mol. The molecule has 1 N–H and O–H groups in total. The van der Waals surface area contributed by atoms with Gasteiger partial charge in [0.05, 0.1) is 10.7 Å². The van der Waals surface area contributed by atoms with E-state index in [1.54, 1.807) is 11.8 Å². The van der Waals surface area contributed by atoms with Crippen LogP contribution in [-0.2, 0) is 10.2 Å². The minimum absolute atomic E-state index is 0.107. The minimum Gasteiger partial charge on any atom is -0.271 e. The maximum Gasteiger partial charge on any atom is 0.301 e. The first-order valence-electron chi connectivity index (χ1n) is 5.30. The summed E-state index contributed by atoms with van der Waals surface area (Å²) in [6.45, 7) is 0.962. The molecule has 2 rings (SSSR count). The van der Waals surface area contributed by atoms with E-state index in [0.717, 1.165) is 17.6 Å². The van der Waals surface area contributed by atoms with Crippen molar-refractivity contribution in [1.82, 2.24) is 4.31 Å². The molecule has 1 aliphatic heterocycles. The van der Waals surface area contributed by atoms with Crippen LogP contribution in [0.4, 0.5) is 10.1 Å².